The van der Waals surface area contributed by atoms with Crippen molar-refractivity contribution >= 4 is 40.6 Å². The van der Waals surface area contributed by atoms with Crippen LogP contribution in [0.5, 0.6) is 0 Å². The lowest BCUT2D eigenvalue weighted by molar-refractivity contribution is 1.28. The molecule has 0 amide bonds. The van der Waals surface area contributed by atoms with E-state index in [9.17, 15) is 0 Å². The van der Waals surface area contributed by atoms with Gasteiger partial charge >= 0.3 is 0 Å². The summed E-state index contributed by atoms with van der Waals surface area (Å²) in [5, 5.41) is 0. The van der Waals surface area contributed by atoms with Crippen LogP contribution in [0.1, 0.15) is 11.1 Å². The summed E-state index contributed by atoms with van der Waals surface area (Å²) >= 11 is 0. The molecular formula is C22H21N3. The average molecular weight is 327 g/mol. The van der Waals surface area contributed by atoms with Crippen molar-refractivity contribution in [3.05, 3.63) is 91.0 Å². The van der Waals surface area contributed by atoms with Crippen LogP contribution in [0.3, 0.4) is 0 Å². The highest BCUT2D eigenvalue weighted by molar-refractivity contribution is 5.81. The van der Waals surface area contributed by atoms with Crippen molar-refractivity contribution in [1.29, 1.82) is 0 Å². The van der Waals surface area contributed by atoms with Gasteiger partial charge in [0.05, 0.1) is 5.69 Å². The summed E-state index contributed by atoms with van der Waals surface area (Å²) in [5.74, 6) is 0. The molecule has 0 fully saturated rings. The Balaban J connectivity index is 2.14. The Morgan fingerprint density at radius 1 is 0.600 bits per heavy atom. The molecule has 3 aromatic rings. The molecule has 124 valence electrons. The molecule has 0 atom stereocenters. The maximum Gasteiger partial charge on any atom is 0.0502 e. The van der Waals surface area contributed by atoms with Gasteiger partial charge in [-0.15, -0.1) is 0 Å². The summed E-state index contributed by atoms with van der Waals surface area (Å²) in [6.45, 7) is 7.62. The minimum Gasteiger partial charge on any atom is -0.399 e. The molecular weight excluding hydrogens is 306 g/mol. The van der Waals surface area contributed by atoms with Crippen molar-refractivity contribution < 1.29 is 0 Å². The zero-order chi connectivity index (χ0) is 17.8. The van der Waals surface area contributed by atoms with E-state index in [0.717, 1.165) is 28.2 Å². The van der Waals surface area contributed by atoms with Crippen LogP contribution in [-0.2, 0) is 0 Å². The standard InChI is InChI=1S/C22H21N3/c1-3-16-5-9-20(10-6-16)25(21-11-7-17(4-2)8-12-21)22-14-18(23)13-19(24)15-22/h3-15H,1-2,23-24H2. The van der Waals surface area contributed by atoms with Gasteiger partial charge in [-0.1, -0.05) is 49.6 Å². The number of anilines is 5. The van der Waals surface area contributed by atoms with E-state index in [0.29, 0.717) is 11.4 Å². The first-order valence-electron chi connectivity index (χ1n) is 8.02. The van der Waals surface area contributed by atoms with E-state index in [2.05, 4.69) is 42.3 Å². The van der Waals surface area contributed by atoms with Crippen LogP contribution in [0.15, 0.2) is 79.9 Å². The molecule has 3 nitrogen and oxygen atoms in total. The minimum atomic E-state index is 0.630. The highest BCUT2D eigenvalue weighted by Gasteiger charge is 2.13. The van der Waals surface area contributed by atoms with Gasteiger partial charge in [0, 0.05) is 22.7 Å². The van der Waals surface area contributed by atoms with Crippen molar-refractivity contribution in [3.63, 3.8) is 0 Å². The monoisotopic (exact) mass is 327 g/mol. The summed E-state index contributed by atoms with van der Waals surface area (Å²) < 4.78 is 0. The van der Waals surface area contributed by atoms with E-state index >= 15 is 0 Å². The first-order chi connectivity index (χ1) is 12.1. The maximum absolute atomic E-state index is 6.01. The molecule has 0 unspecified atom stereocenters. The largest absolute Gasteiger partial charge is 0.399 e. The van der Waals surface area contributed by atoms with Crippen LogP contribution in [0.25, 0.3) is 12.2 Å². The lowest BCUT2D eigenvalue weighted by atomic mass is 10.1. The zero-order valence-electron chi connectivity index (χ0n) is 14.0. The van der Waals surface area contributed by atoms with Crippen LogP contribution in [-0.4, -0.2) is 0 Å². The quantitative estimate of drug-likeness (QED) is 0.599. The summed E-state index contributed by atoms with van der Waals surface area (Å²) in [4.78, 5) is 2.12. The van der Waals surface area contributed by atoms with Crippen molar-refractivity contribution in [1.82, 2.24) is 0 Å². The first kappa shape index (κ1) is 16.4. The molecule has 0 saturated heterocycles. The summed E-state index contributed by atoms with van der Waals surface area (Å²) in [6.07, 6.45) is 3.65. The highest BCUT2D eigenvalue weighted by Crippen LogP contribution is 2.36. The first-order valence-corrected chi connectivity index (χ1v) is 8.02. The molecule has 0 aromatic heterocycles. The van der Waals surface area contributed by atoms with Gasteiger partial charge in [-0.3, -0.25) is 0 Å². The molecule has 0 aliphatic heterocycles. The van der Waals surface area contributed by atoms with Crippen LogP contribution in [0.2, 0.25) is 0 Å². The predicted octanol–water partition coefficient (Wildman–Crippen LogP) is 5.61. The van der Waals surface area contributed by atoms with E-state index in [-0.39, 0.29) is 0 Å². The molecule has 0 spiro atoms. The van der Waals surface area contributed by atoms with E-state index in [1.807, 2.05) is 48.6 Å². The van der Waals surface area contributed by atoms with Crippen molar-refractivity contribution in [2.75, 3.05) is 16.4 Å². The summed E-state index contributed by atoms with van der Waals surface area (Å²) in [6, 6.07) is 21.9. The number of nitrogens with two attached hydrogens (primary N) is 2. The van der Waals surface area contributed by atoms with E-state index < -0.39 is 0 Å². The van der Waals surface area contributed by atoms with Crippen molar-refractivity contribution in [2.24, 2.45) is 0 Å². The highest BCUT2D eigenvalue weighted by atomic mass is 15.1. The molecule has 0 heterocycles. The fourth-order valence-corrected chi connectivity index (χ4v) is 2.75. The summed E-state index contributed by atoms with van der Waals surface area (Å²) in [5.41, 5.74) is 18.4. The molecule has 0 radical (unpaired) electrons. The Kier molecular flexibility index (Phi) is 4.57. The van der Waals surface area contributed by atoms with Crippen molar-refractivity contribution in [2.45, 2.75) is 0 Å². The molecule has 3 heteroatoms. The van der Waals surface area contributed by atoms with Gasteiger partial charge in [-0.2, -0.15) is 0 Å². The van der Waals surface area contributed by atoms with Gasteiger partial charge in [0.2, 0.25) is 0 Å². The molecule has 3 rings (SSSR count). The smallest absolute Gasteiger partial charge is 0.0502 e. The van der Waals surface area contributed by atoms with Gasteiger partial charge in [0.25, 0.3) is 0 Å². The van der Waals surface area contributed by atoms with Crippen LogP contribution in [0.4, 0.5) is 28.4 Å². The van der Waals surface area contributed by atoms with Gasteiger partial charge in [-0.25, -0.2) is 0 Å². The van der Waals surface area contributed by atoms with Crippen molar-refractivity contribution in [3.8, 4) is 0 Å². The molecule has 0 bridgehead atoms. The Bertz CT molecular complexity index is 822. The third kappa shape index (κ3) is 3.56. The van der Waals surface area contributed by atoms with E-state index in [1.165, 1.54) is 0 Å². The Morgan fingerprint density at radius 2 is 1.00 bits per heavy atom. The normalized spacial score (nSPS) is 10.2. The molecule has 4 N–H and O–H groups in total. The zero-order valence-corrected chi connectivity index (χ0v) is 14.0. The Morgan fingerprint density at radius 3 is 1.36 bits per heavy atom. The molecule has 25 heavy (non-hydrogen) atoms. The molecule has 0 saturated carbocycles. The third-order valence-electron chi connectivity index (χ3n) is 3.99. The Labute approximate surface area is 148 Å². The lowest BCUT2D eigenvalue weighted by Gasteiger charge is -2.26. The van der Waals surface area contributed by atoms with Gasteiger partial charge in [0.15, 0.2) is 0 Å². The third-order valence-corrected chi connectivity index (χ3v) is 3.99. The van der Waals surface area contributed by atoms with Gasteiger partial charge < -0.3 is 16.4 Å². The number of hydrogen-bond donors (Lipinski definition) is 2. The van der Waals surface area contributed by atoms with Crippen LogP contribution in [0, 0.1) is 0 Å². The molecule has 0 aliphatic rings. The molecule has 0 aliphatic carbocycles. The van der Waals surface area contributed by atoms with E-state index in [1.54, 1.807) is 6.07 Å². The SMILES string of the molecule is C=Cc1ccc(N(c2ccc(C=C)cc2)c2cc(N)cc(N)c2)cc1. The molecule has 3 aromatic carbocycles. The van der Waals surface area contributed by atoms with Crippen LogP contribution >= 0.6 is 0 Å². The number of hydrogen-bond acceptors (Lipinski definition) is 3. The van der Waals surface area contributed by atoms with Crippen LogP contribution < -0.4 is 16.4 Å². The van der Waals surface area contributed by atoms with E-state index in [4.69, 9.17) is 11.5 Å². The van der Waals surface area contributed by atoms with Gasteiger partial charge in [-0.05, 0) is 53.6 Å². The Hall–Kier alpha value is -3.46. The second kappa shape index (κ2) is 6.97. The number of nitrogen functional groups attached to an aromatic ring is 2. The maximum atomic E-state index is 6.01. The second-order valence-corrected chi connectivity index (χ2v) is 5.78. The lowest BCUT2D eigenvalue weighted by Crippen LogP contribution is -2.10. The topological polar surface area (TPSA) is 55.3 Å². The summed E-state index contributed by atoms with van der Waals surface area (Å²) in [7, 11) is 0. The van der Waals surface area contributed by atoms with Gasteiger partial charge in [0.1, 0.15) is 0 Å². The minimum absolute atomic E-state index is 0.630. The second-order valence-electron chi connectivity index (χ2n) is 5.78. The number of benzene rings is 3. The average Bonchev–Trinajstić information content (AvgIpc) is 2.62. The number of nitrogens with zero attached hydrogens (tertiary/aromatic N) is 1. The fourth-order valence-electron chi connectivity index (χ4n) is 2.75. The fraction of sp³-hybridized carbons (Fsp3) is 0. The predicted molar refractivity (Wildman–Crippen MR) is 110 cm³/mol. The number of rotatable bonds is 5.